The molecule has 0 saturated heterocycles. The number of esters is 2. The monoisotopic (exact) mass is 413 g/mol. The van der Waals surface area contributed by atoms with Crippen LogP contribution in [0.15, 0.2) is 48.5 Å². The smallest absolute Gasteiger partial charge is 0.338 e. The maximum Gasteiger partial charge on any atom is 0.338 e. The zero-order valence-electron chi connectivity index (χ0n) is 17.6. The lowest BCUT2D eigenvalue weighted by atomic mass is 9.97. The Morgan fingerprint density at radius 2 is 1.47 bits per heavy atom. The van der Waals surface area contributed by atoms with Gasteiger partial charge in [0.2, 0.25) is 0 Å². The van der Waals surface area contributed by atoms with Crippen LogP contribution in [0.1, 0.15) is 52.6 Å². The average Bonchev–Trinajstić information content (AvgIpc) is 2.76. The van der Waals surface area contributed by atoms with E-state index >= 15 is 0 Å². The SMILES string of the molecule is COC(=O)c1cc(OCC(=O)N[C@H](CC(C)C)c2ccccc2)cc(C(=O)OC)c1. The number of amides is 1. The molecule has 0 saturated carbocycles. The number of hydrogen-bond acceptors (Lipinski definition) is 6. The summed E-state index contributed by atoms with van der Waals surface area (Å²) >= 11 is 0. The first-order valence-electron chi connectivity index (χ1n) is 9.62. The van der Waals surface area contributed by atoms with E-state index in [1.54, 1.807) is 0 Å². The van der Waals surface area contributed by atoms with Gasteiger partial charge < -0.3 is 19.5 Å². The van der Waals surface area contributed by atoms with Gasteiger partial charge in [0.15, 0.2) is 6.61 Å². The number of carbonyl (C=O) groups excluding carboxylic acids is 3. The summed E-state index contributed by atoms with van der Waals surface area (Å²) in [7, 11) is 2.47. The lowest BCUT2D eigenvalue weighted by Gasteiger charge is -2.21. The summed E-state index contributed by atoms with van der Waals surface area (Å²) in [6.07, 6.45) is 0.778. The molecule has 2 rings (SSSR count). The number of nitrogens with one attached hydrogen (secondary N) is 1. The predicted molar refractivity (Wildman–Crippen MR) is 111 cm³/mol. The molecule has 0 fully saturated rings. The van der Waals surface area contributed by atoms with Crippen molar-refractivity contribution in [2.45, 2.75) is 26.3 Å². The van der Waals surface area contributed by atoms with Crippen LogP contribution in [0.5, 0.6) is 5.75 Å². The van der Waals surface area contributed by atoms with E-state index in [0.717, 1.165) is 12.0 Å². The minimum atomic E-state index is -0.629. The third-order valence-corrected chi connectivity index (χ3v) is 4.36. The second kappa shape index (κ2) is 11.0. The lowest BCUT2D eigenvalue weighted by molar-refractivity contribution is -0.124. The molecule has 0 spiro atoms. The minimum Gasteiger partial charge on any atom is -0.484 e. The largest absolute Gasteiger partial charge is 0.484 e. The number of carbonyl (C=O) groups is 3. The maximum atomic E-state index is 12.5. The van der Waals surface area contributed by atoms with Gasteiger partial charge in [-0.05, 0) is 36.1 Å². The van der Waals surface area contributed by atoms with Crippen LogP contribution in [-0.4, -0.2) is 38.7 Å². The lowest BCUT2D eigenvalue weighted by Crippen LogP contribution is -2.33. The zero-order chi connectivity index (χ0) is 22.1. The summed E-state index contributed by atoms with van der Waals surface area (Å²) < 4.78 is 14.9. The highest BCUT2D eigenvalue weighted by molar-refractivity contribution is 5.96. The molecule has 0 aliphatic heterocycles. The first-order valence-corrected chi connectivity index (χ1v) is 9.62. The molecule has 0 bridgehead atoms. The Bertz CT molecular complexity index is 844. The molecule has 0 heterocycles. The Balaban J connectivity index is 2.11. The molecule has 0 aliphatic rings. The molecule has 1 amide bonds. The van der Waals surface area contributed by atoms with Crippen molar-refractivity contribution in [3.63, 3.8) is 0 Å². The van der Waals surface area contributed by atoms with Gasteiger partial charge in [0.25, 0.3) is 5.91 Å². The van der Waals surface area contributed by atoms with Gasteiger partial charge in [-0.3, -0.25) is 4.79 Å². The van der Waals surface area contributed by atoms with Crippen LogP contribution in [0.4, 0.5) is 0 Å². The van der Waals surface area contributed by atoms with Crippen LogP contribution in [0.25, 0.3) is 0 Å². The molecule has 0 aliphatic carbocycles. The minimum absolute atomic E-state index is 0.123. The van der Waals surface area contributed by atoms with Gasteiger partial charge in [0, 0.05) is 0 Å². The number of rotatable bonds is 9. The fourth-order valence-electron chi connectivity index (χ4n) is 2.97. The van der Waals surface area contributed by atoms with Crippen molar-refractivity contribution in [3.8, 4) is 5.75 Å². The zero-order valence-corrected chi connectivity index (χ0v) is 17.6. The number of ether oxygens (including phenoxy) is 3. The van der Waals surface area contributed by atoms with Crippen LogP contribution in [0.2, 0.25) is 0 Å². The third-order valence-electron chi connectivity index (χ3n) is 4.36. The highest BCUT2D eigenvalue weighted by Gasteiger charge is 2.18. The van der Waals surface area contributed by atoms with Crippen LogP contribution in [0, 0.1) is 5.92 Å². The molecule has 160 valence electrons. The van der Waals surface area contributed by atoms with Gasteiger partial charge in [0.1, 0.15) is 5.75 Å². The Labute approximate surface area is 176 Å². The van der Waals surface area contributed by atoms with Crippen LogP contribution in [-0.2, 0) is 14.3 Å². The van der Waals surface area contributed by atoms with Crippen molar-refractivity contribution in [1.82, 2.24) is 5.32 Å². The fourth-order valence-corrected chi connectivity index (χ4v) is 2.97. The Kier molecular flexibility index (Phi) is 8.41. The molecule has 2 aromatic rings. The van der Waals surface area contributed by atoms with Gasteiger partial charge in [-0.2, -0.15) is 0 Å². The summed E-state index contributed by atoms with van der Waals surface area (Å²) in [5, 5.41) is 2.98. The molecule has 2 aromatic carbocycles. The number of methoxy groups -OCH3 is 2. The van der Waals surface area contributed by atoms with E-state index in [2.05, 4.69) is 19.2 Å². The first kappa shape index (κ1) is 22.9. The Morgan fingerprint density at radius 1 is 0.900 bits per heavy atom. The third kappa shape index (κ3) is 6.62. The van der Waals surface area contributed by atoms with Crippen molar-refractivity contribution in [1.29, 1.82) is 0 Å². The van der Waals surface area contributed by atoms with E-state index in [1.807, 2.05) is 30.3 Å². The van der Waals surface area contributed by atoms with Crippen molar-refractivity contribution < 1.29 is 28.6 Å². The van der Waals surface area contributed by atoms with E-state index in [4.69, 9.17) is 14.2 Å². The fraction of sp³-hybridized carbons (Fsp3) is 0.348. The molecular weight excluding hydrogens is 386 g/mol. The summed E-state index contributed by atoms with van der Waals surface area (Å²) in [5.74, 6) is -0.996. The highest BCUT2D eigenvalue weighted by Crippen LogP contribution is 2.22. The summed E-state index contributed by atoms with van der Waals surface area (Å²) in [4.78, 5) is 36.2. The second-order valence-electron chi connectivity index (χ2n) is 7.18. The Hall–Kier alpha value is -3.35. The van der Waals surface area contributed by atoms with E-state index in [-0.39, 0.29) is 35.4 Å². The predicted octanol–water partition coefficient (Wildman–Crippen LogP) is 3.54. The van der Waals surface area contributed by atoms with Crippen molar-refractivity contribution in [2.75, 3.05) is 20.8 Å². The summed E-state index contributed by atoms with van der Waals surface area (Å²) in [6, 6.07) is 13.7. The Morgan fingerprint density at radius 3 is 1.97 bits per heavy atom. The summed E-state index contributed by atoms with van der Waals surface area (Å²) in [5.41, 5.74) is 1.26. The molecule has 0 radical (unpaired) electrons. The normalized spacial score (nSPS) is 11.5. The topological polar surface area (TPSA) is 90.9 Å². The van der Waals surface area contributed by atoms with Crippen LogP contribution in [0.3, 0.4) is 0 Å². The van der Waals surface area contributed by atoms with Crippen LogP contribution < -0.4 is 10.1 Å². The molecular formula is C23H27NO6. The molecule has 1 atom stereocenters. The molecule has 7 nitrogen and oxygen atoms in total. The number of benzene rings is 2. The maximum absolute atomic E-state index is 12.5. The standard InChI is InChI=1S/C23H27NO6/c1-15(2)10-20(16-8-6-5-7-9-16)24-21(25)14-30-19-12-17(22(26)28-3)11-18(13-19)23(27)29-4/h5-9,11-13,15,20H,10,14H2,1-4H3,(H,24,25)/t20-/m1/s1. The second-order valence-corrected chi connectivity index (χ2v) is 7.18. The van der Waals surface area contributed by atoms with Gasteiger partial charge in [-0.15, -0.1) is 0 Å². The quantitative estimate of drug-likeness (QED) is 0.633. The molecule has 0 aromatic heterocycles. The van der Waals surface area contributed by atoms with Gasteiger partial charge in [-0.1, -0.05) is 44.2 Å². The van der Waals surface area contributed by atoms with Gasteiger partial charge in [-0.25, -0.2) is 9.59 Å². The molecule has 1 N–H and O–H groups in total. The highest BCUT2D eigenvalue weighted by atomic mass is 16.5. The van der Waals surface area contributed by atoms with Crippen molar-refractivity contribution >= 4 is 17.8 Å². The van der Waals surface area contributed by atoms with Crippen molar-refractivity contribution in [3.05, 3.63) is 65.2 Å². The van der Waals surface area contributed by atoms with Crippen molar-refractivity contribution in [2.24, 2.45) is 5.92 Å². The molecule has 30 heavy (non-hydrogen) atoms. The average molecular weight is 413 g/mol. The van der Waals surface area contributed by atoms with Crippen LogP contribution >= 0.6 is 0 Å². The first-order chi connectivity index (χ1) is 14.3. The van der Waals surface area contributed by atoms with Gasteiger partial charge in [0.05, 0.1) is 31.4 Å². The van der Waals surface area contributed by atoms with E-state index in [0.29, 0.717) is 5.92 Å². The van der Waals surface area contributed by atoms with E-state index in [9.17, 15) is 14.4 Å². The molecule has 7 heteroatoms. The van der Waals surface area contributed by atoms with E-state index in [1.165, 1.54) is 32.4 Å². The molecule has 0 unspecified atom stereocenters. The number of hydrogen-bond donors (Lipinski definition) is 1. The summed E-state index contributed by atoms with van der Waals surface area (Å²) in [6.45, 7) is 3.91. The van der Waals surface area contributed by atoms with Gasteiger partial charge >= 0.3 is 11.9 Å². The van der Waals surface area contributed by atoms with E-state index < -0.39 is 11.9 Å².